The summed E-state index contributed by atoms with van der Waals surface area (Å²) in [6, 6.07) is 6.52. The van der Waals surface area contributed by atoms with E-state index in [0.29, 0.717) is 23.5 Å². The zero-order chi connectivity index (χ0) is 19.8. The number of hydrogen-bond acceptors (Lipinski definition) is 4. The van der Waals surface area contributed by atoms with Gasteiger partial charge in [-0.3, -0.25) is 9.59 Å². The van der Waals surface area contributed by atoms with Crippen molar-refractivity contribution >= 4 is 15.9 Å². The first kappa shape index (κ1) is 19.3. The van der Waals surface area contributed by atoms with E-state index < -0.39 is 10.0 Å². The van der Waals surface area contributed by atoms with E-state index in [9.17, 15) is 18.0 Å². The van der Waals surface area contributed by atoms with Crippen molar-refractivity contribution in [2.45, 2.75) is 25.7 Å². The van der Waals surface area contributed by atoms with Crippen molar-refractivity contribution in [3.8, 4) is 0 Å². The fourth-order valence-electron chi connectivity index (χ4n) is 3.56. The van der Waals surface area contributed by atoms with Crippen LogP contribution in [0.15, 0.2) is 40.2 Å². The monoisotopic (exact) mass is 389 g/mol. The first-order valence-electron chi connectivity index (χ1n) is 8.76. The normalized spacial score (nSPS) is 15.7. The third-order valence-corrected chi connectivity index (χ3v) is 6.96. The Morgan fingerprint density at radius 1 is 1.00 bits per heavy atom. The van der Waals surface area contributed by atoms with Gasteiger partial charge >= 0.3 is 0 Å². The van der Waals surface area contributed by atoms with Gasteiger partial charge in [0.25, 0.3) is 5.91 Å². The van der Waals surface area contributed by atoms with Crippen LogP contribution in [0.5, 0.6) is 0 Å². The largest absolute Gasteiger partial charge is 0.336 e. The molecule has 1 aliphatic heterocycles. The van der Waals surface area contributed by atoms with E-state index in [1.807, 2.05) is 32.9 Å². The Bertz CT molecular complexity index is 992. The third-order valence-electron chi connectivity index (χ3n) is 4.76. The molecule has 144 valence electrons. The molecule has 27 heavy (non-hydrogen) atoms. The predicted molar refractivity (Wildman–Crippen MR) is 102 cm³/mol. The van der Waals surface area contributed by atoms with Crippen molar-refractivity contribution in [1.29, 1.82) is 0 Å². The summed E-state index contributed by atoms with van der Waals surface area (Å²) in [7, 11) is -3.61. The summed E-state index contributed by atoms with van der Waals surface area (Å²) < 4.78 is 27.7. The lowest BCUT2D eigenvalue weighted by atomic mass is 10.1. The van der Waals surface area contributed by atoms with Gasteiger partial charge in [0, 0.05) is 38.4 Å². The summed E-state index contributed by atoms with van der Waals surface area (Å²) in [5.41, 5.74) is 2.61. The maximum absolute atomic E-state index is 13.1. The van der Waals surface area contributed by atoms with E-state index in [1.165, 1.54) is 22.6 Å². The average molecular weight is 389 g/mol. The lowest BCUT2D eigenvalue weighted by Crippen LogP contribution is -2.50. The number of nitrogens with one attached hydrogen (secondary N) is 1. The molecule has 1 amide bonds. The Morgan fingerprint density at radius 3 is 2.11 bits per heavy atom. The van der Waals surface area contributed by atoms with Gasteiger partial charge < -0.3 is 9.88 Å². The predicted octanol–water partition coefficient (Wildman–Crippen LogP) is 1.45. The molecule has 0 aliphatic carbocycles. The van der Waals surface area contributed by atoms with Crippen LogP contribution in [0.3, 0.4) is 0 Å². The first-order chi connectivity index (χ1) is 12.7. The molecule has 8 heteroatoms. The number of amides is 1. The van der Waals surface area contributed by atoms with Gasteiger partial charge in [-0.1, -0.05) is 17.7 Å². The lowest BCUT2D eigenvalue weighted by Gasteiger charge is -2.34. The number of carbonyl (C=O) groups is 1. The van der Waals surface area contributed by atoms with Gasteiger partial charge in [0.15, 0.2) is 0 Å². The quantitative estimate of drug-likeness (QED) is 0.860. The van der Waals surface area contributed by atoms with Crippen molar-refractivity contribution in [3.63, 3.8) is 0 Å². The van der Waals surface area contributed by atoms with Crippen LogP contribution in [-0.2, 0) is 10.0 Å². The highest BCUT2D eigenvalue weighted by atomic mass is 32.2. The summed E-state index contributed by atoms with van der Waals surface area (Å²) in [6.45, 7) is 6.65. The van der Waals surface area contributed by atoms with Gasteiger partial charge in [0.1, 0.15) is 0 Å². The van der Waals surface area contributed by atoms with Crippen LogP contribution in [0.1, 0.15) is 27.0 Å². The Morgan fingerprint density at radius 2 is 1.59 bits per heavy atom. The van der Waals surface area contributed by atoms with E-state index >= 15 is 0 Å². The number of sulfonamides is 1. The fraction of sp³-hybridized carbons (Fsp3) is 0.368. The molecule has 2 aromatic rings. The minimum absolute atomic E-state index is 0.217. The Balaban J connectivity index is 1.76. The van der Waals surface area contributed by atoms with E-state index in [-0.39, 0.29) is 24.6 Å². The molecular formula is C19H23N3O4S. The standard InChI is InChI=1S/C19H23N3O4S/c1-13-10-14(2)18(15(3)11-13)27(25,26)22-8-6-21(7-9-22)19(24)16-4-5-17(23)20-12-16/h4-5,10-12H,6-9H2,1-3H3,(H,20,23). The zero-order valence-corrected chi connectivity index (χ0v) is 16.5. The van der Waals surface area contributed by atoms with Crippen LogP contribution in [-0.4, -0.2) is 54.7 Å². The number of rotatable bonds is 3. The highest BCUT2D eigenvalue weighted by molar-refractivity contribution is 7.89. The van der Waals surface area contributed by atoms with Crippen LogP contribution >= 0.6 is 0 Å². The highest BCUT2D eigenvalue weighted by Crippen LogP contribution is 2.26. The molecule has 0 radical (unpaired) electrons. The molecule has 0 atom stereocenters. The molecule has 2 heterocycles. The van der Waals surface area contributed by atoms with E-state index in [4.69, 9.17) is 0 Å². The zero-order valence-electron chi connectivity index (χ0n) is 15.7. The maximum Gasteiger partial charge on any atom is 0.255 e. The molecule has 0 saturated carbocycles. The van der Waals surface area contributed by atoms with E-state index in [1.54, 1.807) is 4.90 Å². The molecule has 1 saturated heterocycles. The van der Waals surface area contributed by atoms with Crippen LogP contribution in [0.25, 0.3) is 0 Å². The number of H-pyrrole nitrogens is 1. The van der Waals surface area contributed by atoms with Gasteiger partial charge in [0.05, 0.1) is 10.5 Å². The van der Waals surface area contributed by atoms with Gasteiger partial charge in [-0.2, -0.15) is 4.31 Å². The van der Waals surface area contributed by atoms with Gasteiger partial charge in [0.2, 0.25) is 15.6 Å². The highest BCUT2D eigenvalue weighted by Gasteiger charge is 2.32. The molecule has 1 aromatic carbocycles. The van der Waals surface area contributed by atoms with Crippen molar-refractivity contribution in [2.75, 3.05) is 26.2 Å². The molecule has 1 aromatic heterocycles. The van der Waals surface area contributed by atoms with Crippen molar-refractivity contribution in [2.24, 2.45) is 0 Å². The molecule has 0 bridgehead atoms. The van der Waals surface area contributed by atoms with Crippen molar-refractivity contribution in [1.82, 2.24) is 14.2 Å². The van der Waals surface area contributed by atoms with Crippen LogP contribution < -0.4 is 5.56 Å². The summed E-state index contributed by atoms with van der Waals surface area (Å²) in [4.78, 5) is 28.1. The van der Waals surface area contributed by atoms with Crippen LogP contribution in [0.2, 0.25) is 0 Å². The topological polar surface area (TPSA) is 90.6 Å². The summed E-state index contributed by atoms with van der Waals surface area (Å²) in [5.74, 6) is -0.217. The molecule has 3 rings (SSSR count). The number of aryl methyl sites for hydroxylation is 3. The van der Waals surface area contributed by atoms with Gasteiger partial charge in [-0.25, -0.2) is 8.42 Å². The second-order valence-electron chi connectivity index (χ2n) is 6.87. The van der Waals surface area contributed by atoms with Crippen molar-refractivity contribution < 1.29 is 13.2 Å². The average Bonchev–Trinajstić information content (AvgIpc) is 2.61. The molecule has 1 fully saturated rings. The number of piperazine rings is 1. The Kier molecular flexibility index (Phi) is 5.21. The van der Waals surface area contributed by atoms with Gasteiger partial charge in [-0.15, -0.1) is 0 Å². The Labute approximate surface area is 158 Å². The number of pyridine rings is 1. The smallest absolute Gasteiger partial charge is 0.255 e. The second-order valence-corrected chi connectivity index (χ2v) is 8.74. The van der Waals surface area contributed by atoms with Crippen LogP contribution in [0, 0.1) is 20.8 Å². The van der Waals surface area contributed by atoms with Crippen molar-refractivity contribution in [3.05, 3.63) is 63.1 Å². The molecule has 0 spiro atoms. The molecule has 0 unspecified atom stereocenters. The molecule has 7 nitrogen and oxygen atoms in total. The lowest BCUT2D eigenvalue weighted by molar-refractivity contribution is 0.0697. The number of hydrogen-bond donors (Lipinski definition) is 1. The molecular weight excluding hydrogens is 366 g/mol. The van der Waals surface area contributed by atoms with E-state index in [2.05, 4.69) is 4.98 Å². The summed E-state index contributed by atoms with van der Waals surface area (Å²) in [6.07, 6.45) is 1.38. The summed E-state index contributed by atoms with van der Waals surface area (Å²) in [5, 5.41) is 0. The minimum Gasteiger partial charge on any atom is -0.336 e. The number of carbonyl (C=O) groups excluding carboxylic acids is 1. The second kappa shape index (κ2) is 7.28. The number of nitrogens with zero attached hydrogens (tertiary/aromatic N) is 2. The maximum atomic E-state index is 13.1. The third kappa shape index (κ3) is 3.81. The summed E-state index contributed by atoms with van der Waals surface area (Å²) >= 11 is 0. The number of aromatic amines is 1. The fourth-order valence-corrected chi connectivity index (χ4v) is 5.39. The van der Waals surface area contributed by atoms with E-state index in [0.717, 1.165) is 16.7 Å². The number of benzene rings is 1. The Hall–Kier alpha value is -2.45. The number of aromatic nitrogens is 1. The molecule has 1 aliphatic rings. The van der Waals surface area contributed by atoms with Gasteiger partial charge in [-0.05, 0) is 38.0 Å². The minimum atomic E-state index is -3.61. The first-order valence-corrected chi connectivity index (χ1v) is 10.2. The molecule has 1 N–H and O–H groups in total. The van der Waals surface area contributed by atoms with Crippen LogP contribution in [0.4, 0.5) is 0 Å². The SMILES string of the molecule is Cc1cc(C)c(S(=O)(=O)N2CCN(C(=O)c3ccc(=O)[nH]c3)CC2)c(C)c1.